The van der Waals surface area contributed by atoms with Crippen LogP contribution in [0.25, 0.3) is 11.1 Å². The van der Waals surface area contributed by atoms with E-state index in [1.54, 1.807) is 38.2 Å². The maximum Gasteiger partial charge on any atom is 0.330 e. The Labute approximate surface area is 216 Å². The molecule has 0 saturated heterocycles. The summed E-state index contributed by atoms with van der Waals surface area (Å²) in [6.07, 6.45) is 0.0759. The first-order chi connectivity index (χ1) is 17.3. The summed E-state index contributed by atoms with van der Waals surface area (Å²) in [6, 6.07) is 11.6. The van der Waals surface area contributed by atoms with Gasteiger partial charge in [0.25, 0.3) is 11.5 Å². The van der Waals surface area contributed by atoms with Crippen molar-refractivity contribution in [2.45, 2.75) is 58.9 Å². The molecule has 2 N–H and O–H groups in total. The average molecular weight is 506 g/mol. The van der Waals surface area contributed by atoms with Crippen molar-refractivity contribution in [1.82, 2.24) is 14.5 Å². The van der Waals surface area contributed by atoms with E-state index in [9.17, 15) is 24.3 Å². The van der Waals surface area contributed by atoms with Crippen molar-refractivity contribution in [2.75, 3.05) is 0 Å². The zero-order valence-electron chi connectivity index (χ0n) is 22.5. The smallest absolute Gasteiger partial charge is 0.330 e. The van der Waals surface area contributed by atoms with Gasteiger partial charge in [0.05, 0.1) is 5.56 Å². The summed E-state index contributed by atoms with van der Waals surface area (Å²) in [4.78, 5) is 50.4. The number of aromatic nitrogens is 2. The molecule has 0 unspecified atom stereocenters. The highest BCUT2D eigenvalue weighted by molar-refractivity contribution is 5.99. The number of hydrogen-bond acceptors (Lipinski definition) is 4. The first-order valence-corrected chi connectivity index (χ1v) is 12.4. The largest absolute Gasteiger partial charge is 0.480 e. The fourth-order valence-electron chi connectivity index (χ4n) is 4.56. The Morgan fingerprint density at radius 1 is 0.892 bits per heavy atom. The van der Waals surface area contributed by atoms with E-state index in [0.29, 0.717) is 27.9 Å². The first-order valence-electron chi connectivity index (χ1n) is 12.4. The van der Waals surface area contributed by atoms with E-state index in [-0.39, 0.29) is 18.3 Å². The second-order valence-corrected chi connectivity index (χ2v) is 10.1. The molecule has 0 bridgehead atoms. The average Bonchev–Trinajstić information content (AvgIpc) is 2.86. The number of aliphatic carboxylic acids is 1. The molecule has 196 valence electrons. The normalized spacial score (nSPS) is 12.1. The van der Waals surface area contributed by atoms with E-state index in [1.807, 2.05) is 45.9 Å². The first kappa shape index (κ1) is 27.6. The van der Waals surface area contributed by atoms with Gasteiger partial charge in [0.15, 0.2) is 0 Å². The summed E-state index contributed by atoms with van der Waals surface area (Å²) < 4.78 is 2.48. The highest BCUT2D eigenvalue weighted by atomic mass is 16.4. The summed E-state index contributed by atoms with van der Waals surface area (Å²) in [6.45, 7) is 9.73. The molecule has 1 aromatic heterocycles. The van der Waals surface area contributed by atoms with E-state index in [0.717, 1.165) is 15.7 Å². The molecule has 8 heteroatoms. The fraction of sp³-hybridized carbons (Fsp3) is 0.379. The lowest BCUT2D eigenvalue weighted by atomic mass is 9.88. The van der Waals surface area contributed by atoms with Crippen LogP contribution in [0.4, 0.5) is 0 Å². The molecule has 2 aromatic carbocycles. The molecule has 0 spiro atoms. The summed E-state index contributed by atoms with van der Waals surface area (Å²) in [5, 5.41) is 12.6. The highest BCUT2D eigenvalue weighted by Crippen LogP contribution is 2.28. The molecular weight excluding hydrogens is 470 g/mol. The summed E-state index contributed by atoms with van der Waals surface area (Å²) in [5.41, 5.74) is 3.77. The maximum atomic E-state index is 13.4. The molecule has 0 fully saturated rings. The minimum absolute atomic E-state index is 0.0759. The number of nitrogens with one attached hydrogen (secondary N) is 1. The van der Waals surface area contributed by atoms with Crippen LogP contribution in [0.15, 0.2) is 52.1 Å². The second-order valence-electron chi connectivity index (χ2n) is 10.1. The Morgan fingerprint density at radius 3 is 1.92 bits per heavy atom. The number of carboxylic acid groups (broad SMARTS) is 1. The molecule has 3 aromatic rings. The van der Waals surface area contributed by atoms with Crippen molar-refractivity contribution >= 4 is 11.9 Å². The standard InChI is InChI=1S/C29H35N3O5/c1-16(2)21-9-8-10-22(17(3)4)25(21)26(33)30-23(28(35)36)15-19-11-13-20(14-12-19)24-18(5)31(6)29(37)32(7)27(24)34/h8-14,16-17,23H,15H2,1-7H3,(H,30,33)(H,35,36)/t23-/m0/s1. The Kier molecular flexibility index (Phi) is 8.21. The van der Waals surface area contributed by atoms with Gasteiger partial charge < -0.3 is 15.0 Å². The van der Waals surface area contributed by atoms with Gasteiger partial charge in [-0.1, -0.05) is 70.2 Å². The van der Waals surface area contributed by atoms with Crippen LogP contribution in [0.2, 0.25) is 0 Å². The lowest BCUT2D eigenvalue weighted by Gasteiger charge is -2.21. The SMILES string of the molecule is Cc1c(-c2ccc(C[C@H](NC(=O)c3c(C(C)C)cccc3C(C)C)C(=O)O)cc2)c(=O)n(C)c(=O)n1C. The van der Waals surface area contributed by atoms with Crippen LogP contribution in [0.1, 0.15) is 72.3 Å². The molecule has 1 heterocycles. The molecule has 0 saturated carbocycles. The number of nitrogens with zero attached hydrogens (tertiary/aromatic N) is 2. The number of carbonyl (C=O) groups is 2. The van der Waals surface area contributed by atoms with Gasteiger partial charge in [-0.05, 0) is 41.0 Å². The summed E-state index contributed by atoms with van der Waals surface area (Å²) in [5.74, 6) is -1.33. The van der Waals surface area contributed by atoms with Crippen molar-refractivity contribution in [3.63, 3.8) is 0 Å². The van der Waals surface area contributed by atoms with Crippen molar-refractivity contribution in [3.8, 4) is 11.1 Å². The highest BCUT2D eigenvalue weighted by Gasteiger charge is 2.26. The third-order valence-electron chi connectivity index (χ3n) is 6.84. The molecule has 1 atom stereocenters. The van der Waals surface area contributed by atoms with Crippen LogP contribution in [-0.2, 0) is 25.3 Å². The van der Waals surface area contributed by atoms with Crippen LogP contribution < -0.4 is 16.6 Å². The van der Waals surface area contributed by atoms with E-state index in [2.05, 4.69) is 5.32 Å². The van der Waals surface area contributed by atoms with Crippen molar-refractivity contribution in [3.05, 3.63) is 91.3 Å². The number of benzene rings is 2. The zero-order valence-corrected chi connectivity index (χ0v) is 22.5. The van der Waals surface area contributed by atoms with Crippen LogP contribution in [0, 0.1) is 6.92 Å². The summed E-state index contributed by atoms with van der Waals surface area (Å²) in [7, 11) is 3.04. The van der Waals surface area contributed by atoms with Gasteiger partial charge >= 0.3 is 11.7 Å². The van der Waals surface area contributed by atoms with Gasteiger partial charge in [-0.15, -0.1) is 0 Å². The van der Waals surface area contributed by atoms with Gasteiger partial charge in [-0.2, -0.15) is 0 Å². The molecule has 0 radical (unpaired) electrons. The number of amides is 1. The zero-order chi connectivity index (χ0) is 27.6. The second kappa shape index (κ2) is 11.0. The van der Waals surface area contributed by atoms with E-state index >= 15 is 0 Å². The molecule has 0 aliphatic heterocycles. The van der Waals surface area contributed by atoms with Crippen molar-refractivity contribution in [1.29, 1.82) is 0 Å². The summed E-state index contributed by atoms with van der Waals surface area (Å²) >= 11 is 0. The van der Waals surface area contributed by atoms with E-state index in [1.165, 1.54) is 11.6 Å². The third-order valence-corrected chi connectivity index (χ3v) is 6.84. The lowest BCUT2D eigenvalue weighted by molar-refractivity contribution is -0.139. The van der Waals surface area contributed by atoms with Crippen molar-refractivity contribution < 1.29 is 14.7 Å². The molecule has 0 aliphatic carbocycles. The number of carboxylic acids is 1. The number of rotatable bonds is 8. The molecule has 8 nitrogen and oxygen atoms in total. The van der Waals surface area contributed by atoms with E-state index in [4.69, 9.17) is 0 Å². The fourth-order valence-corrected chi connectivity index (χ4v) is 4.56. The molecule has 3 rings (SSSR count). The van der Waals surface area contributed by atoms with Crippen LogP contribution in [0.5, 0.6) is 0 Å². The molecule has 37 heavy (non-hydrogen) atoms. The maximum absolute atomic E-state index is 13.4. The Hall–Kier alpha value is -3.94. The number of hydrogen-bond donors (Lipinski definition) is 2. The Balaban J connectivity index is 1.91. The third kappa shape index (κ3) is 5.58. The quantitative estimate of drug-likeness (QED) is 0.485. The monoisotopic (exact) mass is 505 g/mol. The van der Waals surface area contributed by atoms with Crippen molar-refractivity contribution in [2.24, 2.45) is 14.1 Å². The topological polar surface area (TPSA) is 110 Å². The van der Waals surface area contributed by atoms with Gasteiger partial charge in [0.1, 0.15) is 6.04 Å². The molecule has 0 aliphatic rings. The van der Waals surface area contributed by atoms with Gasteiger partial charge in [0, 0.05) is 31.8 Å². The lowest BCUT2D eigenvalue weighted by Crippen LogP contribution is -2.43. The van der Waals surface area contributed by atoms with Crippen LogP contribution in [-0.4, -0.2) is 32.2 Å². The minimum Gasteiger partial charge on any atom is -0.480 e. The van der Waals surface area contributed by atoms with E-state index < -0.39 is 29.2 Å². The van der Waals surface area contributed by atoms with Gasteiger partial charge in [-0.25, -0.2) is 9.59 Å². The number of carbonyl (C=O) groups excluding carboxylic acids is 1. The predicted octanol–water partition coefficient (Wildman–Crippen LogP) is 3.73. The molecule has 1 amide bonds. The Bertz CT molecular complexity index is 1420. The minimum atomic E-state index is -1.13. The molecular formula is C29H35N3O5. The predicted molar refractivity (Wildman–Crippen MR) is 144 cm³/mol. The van der Waals surface area contributed by atoms with Gasteiger partial charge in [0.2, 0.25) is 0 Å². The Morgan fingerprint density at radius 2 is 1.43 bits per heavy atom. The van der Waals surface area contributed by atoms with Gasteiger partial charge in [-0.3, -0.25) is 14.2 Å². The van der Waals surface area contributed by atoms with Crippen LogP contribution in [0.3, 0.4) is 0 Å². The van der Waals surface area contributed by atoms with Crippen LogP contribution >= 0.6 is 0 Å².